The number of unbranched alkanes of at least 4 members (excludes halogenated alkanes) is 11. The molecule has 2 aromatic carbocycles. The van der Waals surface area contributed by atoms with Gasteiger partial charge in [0, 0.05) is 0 Å². The first kappa shape index (κ1) is 32.7. The molecular weight excluding hydrogens is 512 g/mol. The minimum Gasteiger partial charge on any atom is -0.494 e. The number of hydrogen-bond donors (Lipinski definition) is 0. The van der Waals surface area contributed by atoms with Crippen molar-refractivity contribution in [1.82, 2.24) is 0 Å². The lowest BCUT2D eigenvalue weighted by molar-refractivity contribution is 0.0447. The number of carbonyl (C=O) groups excluding carboxylic acids is 2. The summed E-state index contributed by atoms with van der Waals surface area (Å²) in [5.74, 6) is 0.224. The lowest BCUT2D eigenvalue weighted by atomic mass is 10.1. The van der Waals surface area contributed by atoms with Crippen molar-refractivity contribution >= 4 is 23.5 Å². The van der Waals surface area contributed by atoms with Crippen LogP contribution in [0.4, 0.5) is 0 Å². The highest BCUT2D eigenvalue weighted by molar-refractivity contribution is 6.32. The Morgan fingerprint density at radius 2 is 1.31 bits per heavy atom. The van der Waals surface area contributed by atoms with E-state index < -0.39 is 11.9 Å². The van der Waals surface area contributed by atoms with Crippen molar-refractivity contribution in [2.45, 2.75) is 104 Å². The van der Waals surface area contributed by atoms with E-state index in [4.69, 9.17) is 25.8 Å². The number of benzene rings is 2. The molecule has 0 heterocycles. The van der Waals surface area contributed by atoms with Crippen LogP contribution < -0.4 is 9.47 Å². The minimum atomic E-state index is -0.531. The Labute approximate surface area is 240 Å². The van der Waals surface area contributed by atoms with Gasteiger partial charge in [-0.05, 0) is 54.8 Å². The van der Waals surface area contributed by atoms with E-state index in [1.54, 1.807) is 30.3 Å². The Morgan fingerprint density at radius 1 is 0.744 bits per heavy atom. The van der Waals surface area contributed by atoms with Crippen molar-refractivity contribution < 1.29 is 23.8 Å². The van der Waals surface area contributed by atoms with Gasteiger partial charge < -0.3 is 14.2 Å². The number of halogens is 1. The van der Waals surface area contributed by atoms with E-state index >= 15 is 0 Å². The highest BCUT2D eigenvalue weighted by atomic mass is 35.5. The number of hydrogen-bond acceptors (Lipinski definition) is 5. The lowest BCUT2D eigenvalue weighted by Gasteiger charge is -2.11. The van der Waals surface area contributed by atoms with E-state index in [2.05, 4.69) is 6.92 Å². The summed E-state index contributed by atoms with van der Waals surface area (Å²) >= 11 is 6.26. The van der Waals surface area contributed by atoms with Crippen molar-refractivity contribution in [2.24, 2.45) is 5.92 Å². The summed E-state index contributed by atoms with van der Waals surface area (Å²) in [5, 5.41) is 0.170. The Bertz CT molecular complexity index is 973. The summed E-state index contributed by atoms with van der Waals surface area (Å²) < 4.78 is 16.6. The molecular formula is C33H47ClO5. The molecule has 0 aliphatic rings. The van der Waals surface area contributed by atoms with Crippen LogP contribution in [0.5, 0.6) is 11.5 Å². The third kappa shape index (κ3) is 13.4. The number of ether oxygens (including phenoxy) is 3. The van der Waals surface area contributed by atoms with Gasteiger partial charge in [-0.1, -0.05) is 109 Å². The van der Waals surface area contributed by atoms with Crippen molar-refractivity contribution in [1.29, 1.82) is 0 Å². The fraction of sp³-hybridized carbons (Fsp3) is 0.576. The summed E-state index contributed by atoms with van der Waals surface area (Å²) in [4.78, 5) is 24.8. The number of esters is 2. The molecule has 0 fully saturated rings. The van der Waals surface area contributed by atoms with Gasteiger partial charge in [0.25, 0.3) is 0 Å². The van der Waals surface area contributed by atoms with Gasteiger partial charge in [-0.2, -0.15) is 0 Å². The molecule has 0 aliphatic heterocycles. The summed E-state index contributed by atoms with van der Waals surface area (Å²) in [5.41, 5.74) is 0.707. The average molecular weight is 559 g/mol. The fourth-order valence-electron chi connectivity index (χ4n) is 4.11. The zero-order chi connectivity index (χ0) is 28.3. The molecule has 216 valence electrons. The molecule has 2 aromatic rings. The molecule has 0 aromatic heterocycles. The average Bonchev–Trinajstić information content (AvgIpc) is 2.95. The van der Waals surface area contributed by atoms with Gasteiger partial charge in [0.1, 0.15) is 11.5 Å². The third-order valence-corrected chi connectivity index (χ3v) is 7.22. The Morgan fingerprint density at radius 3 is 1.87 bits per heavy atom. The summed E-state index contributed by atoms with van der Waals surface area (Å²) in [7, 11) is 0. The van der Waals surface area contributed by atoms with Crippen molar-refractivity contribution in [3.8, 4) is 11.5 Å². The zero-order valence-corrected chi connectivity index (χ0v) is 24.9. The normalized spacial score (nSPS) is 11.7. The lowest BCUT2D eigenvalue weighted by Crippen LogP contribution is -2.12. The van der Waals surface area contributed by atoms with Crippen LogP contribution in [0.2, 0.25) is 5.02 Å². The minimum absolute atomic E-state index is 0.170. The molecule has 0 N–H and O–H groups in total. The van der Waals surface area contributed by atoms with Crippen LogP contribution in [0.3, 0.4) is 0 Å². The van der Waals surface area contributed by atoms with Crippen molar-refractivity contribution in [3.63, 3.8) is 0 Å². The highest BCUT2D eigenvalue weighted by Gasteiger charge is 2.15. The van der Waals surface area contributed by atoms with Crippen molar-refractivity contribution in [3.05, 3.63) is 58.6 Å². The largest absolute Gasteiger partial charge is 0.494 e. The van der Waals surface area contributed by atoms with Crippen LogP contribution >= 0.6 is 11.6 Å². The van der Waals surface area contributed by atoms with Crippen LogP contribution in [0.25, 0.3) is 0 Å². The van der Waals surface area contributed by atoms with E-state index in [1.807, 2.05) is 13.8 Å². The molecule has 0 saturated heterocycles. The second kappa shape index (κ2) is 19.5. The first-order chi connectivity index (χ1) is 18.9. The molecule has 0 unspecified atom stereocenters. The van der Waals surface area contributed by atoms with E-state index in [1.165, 1.54) is 82.8 Å². The quantitative estimate of drug-likeness (QED) is 0.0918. The predicted molar refractivity (Wildman–Crippen MR) is 159 cm³/mol. The molecule has 0 aliphatic carbocycles. The van der Waals surface area contributed by atoms with Gasteiger partial charge in [0.2, 0.25) is 0 Å². The van der Waals surface area contributed by atoms with E-state index in [9.17, 15) is 9.59 Å². The summed E-state index contributed by atoms with van der Waals surface area (Å²) in [6, 6.07) is 11.4. The highest BCUT2D eigenvalue weighted by Crippen LogP contribution is 2.27. The summed E-state index contributed by atoms with van der Waals surface area (Å²) in [6.45, 7) is 7.34. The van der Waals surface area contributed by atoms with Crippen LogP contribution in [0.1, 0.15) is 125 Å². The zero-order valence-electron chi connectivity index (χ0n) is 24.1. The molecule has 0 bridgehead atoms. The van der Waals surface area contributed by atoms with E-state index in [-0.39, 0.29) is 16.7 Å². The maximum Gasteiger partial charge on any atom is 0.343 e. The predicted octanol–water partition coefficient (Wildman–Crippen LogP) is 9.84. The second-order valence-corrected chi connectivity index (χ2v) is 10.8. The molecule has 0 radical (unpaired) electrons. The third-order valence-electron chi connectivity index (χ3n) is 6.92. The van der Waals surface area contributed by atoms with E-state index in [0.717, 1.165) is 18.6 Å². The van der Waals surface area contributed by atoms with Gasteiger partial charge in [-0.3, -0.25) is 0 Å². The Hall–Kier alpha value is -2.53. The maximum atomic E-state index is 12.6. The molecule has 0 saturated carbocycles. The van der Waals surface area contributed by atoms with Gasteiger partial charge in [-0.25, -0.2) is 9.59 Å². The Balaban J connectivity index is 1.64. The number of carbonyl (C=O) groups is 2. The number of rotatable bonds is 20. The first-order valence-electron chi connectivity index (χ1n) is 14.9. The first-order valence-corrected chi connectivity index (χ1v) is 15.2. The monoisotopic (exact) mass is 558 g/mol. The molecule has 0 amide bonds. The molecule has 39 heavy (non-hydrogen) atoms. The second-order valence-electron chi connectivity index (χ2n) is 10.4. The molecule has 1 atom stereocenters. The Kier molecular flexibility index (Phi) is 16.4. The van der Waals surface area contributed by atoms with Crippen LogP contribution in [-0.4, -0.2) is 25.2 Å². The van der Waals surface area contributed by atoms with Crippen LogP contribution in [0.15, 0.2) is 42.5 Å². The molecule has 0 spiro atoms. The summed E-state index contributed by atoms with van der Waals surface area (Å²) in [6.07, 6.45) is 16.7. The van der Waals surface area contributed by atoms with Gasteiger partial charge in [0.05, 0.1) is 29.4 Å². The topological polar surface area (TPSA) is 61.8 Å². The molecule has 2 rings (SSSR count). The molecule has 5 nitrogen and oxygen atoms in total. The van der Waals surface area contributed by atoms with E-state index in [0.29, 0.717) is 24.3 Å². The van der Waals surface area contributed by atoms with Crippen LogP contribution in [0, 0.1) is 5.92 Å². The van der Waals surface area contributed by atoms with Gasteiger partial charge >= 0.3 is 11.9 Å². The standard InChI is InChI=1S/C33H47ClO5/c1-4-6-7-8-9-10-11-12-13-14-15-16-23-37-29-20-17-27(18-21-29)33(36)39-31-22-19-28(24-30(31)34)32(35)38-25-26(3)5-2/h17-22,24,26H,4-16,23,25H2,1-3H3/t26-/m0/s1. The smallest absolute Gasteiger partial charge is 0.343 e. The SMILES string of the molecule is CCCCCCCCCCCCCCOc1ccc(C(=O)Oc2ccc(C(=O)OC[C@@H](C)CC)cc2Cl)cc1. The van der Waals surface area contributed by atoms with Gasteiger partial charge in [-0.15, -0.1) is 0 Å². The molecule has 6 heteroatoms. The fourth-order valence-corrected chi connectivity index (χ4v) is 4.33. The van der Waals surface area contributed by atoms with Crippen molar-refractivity contribution in [2.75, 3.05) is 13.2 Å². The van der Waals surface area contributed by atoms with Crippen LogP contribution in [-0.2, 0) is 4.74 Å². The maximum absolute atomic E-state index is 12.6. The van der Waals surface area contributed by atoms with Gasteiger partial charge in [0.15, 0.2) is 0 Å².